The average Bonchev–Trinajstić information content (AvgIpc) is 2.49. The molecule has 1 aliphatic rings. The molecule has 0 aliphatic heterocycles. The van der Waals surface area contributed by atoms with Gasteiger partial charge in [0, 0.05) is 19.7 Å². The van der Waals surface area contributed by atoms with Crippen LogP contribution in [0, 0.1) is 0 Å². The number of methoxy groups -OCH3 is 1. The zero-order chi connectivity index (χ0) is 14.2. The second-order valence-corrected chi connectivity index (χ2v) is 5.01. The van der Waals surface area contributed by atoms with Crippen LogP contribution >= 0.6 is 0 Å². The van der Waals surface area contributed by atoms with Crippen molar-refractivity contribution in [1.82, 2.24) is 15.3 Å². The highest BCUT2D eigenvalue weighted by molar-refractivity contribution is 5.91. The molecule has 1 fully saturated rings. The van der Waals surface area contributed by atoms with Crippen LogP contribution in [0.4, 0.5) is 5.82 Å². The predicted octanol–water partition coefficient (Wildman–Crippen LogP) is 1.60. The lowest BCUT2D eigenvalue weighted by Crippen LogP contribution is -2.28. The number of ether oxygens (including phenoxy) is 1. The number of carbonyl (C=O) groups is 1. The van der Waals surface area contributed by atoms with Gasteiger partial charge in [-0.05, 0) is 12.8 Å². The molecule has 1 heterocycles. The number of aromatic nitrogens is 2. The minimum atomic E-state index is -0.223. The first-order valence-corrected chi connectivity index (χ1v) is 7.15. The highest BCUT2D eigenvalue weighted by atomic mass is 16.5. The summed E-state index contributed by atoms with van der Waals surface area (Å²) in [6, 6.07) is 0.486. The molecule has 0 radical (unpaired) electrons. The van der Waals surface area contributed by atoms with Crippen LogP contribution in [-0.2, 0) is 4.74 Å². The van der Waals surface area contributed by atoms with E-state index in [1.165, 1.54) is 38.3 Å². The van der Waals surface area contributed by atoms with Crippen LogP contribution in [0.25, 0.3) is 0 Å². The topological polar surface area (TPSA) is 76.1 Å². The van der Waals surface area contributed by atoms with Crippen LogP contribution in [0.5, 0.6) is 0 Å². The van der Waals surface area contributed by atoms with Crippen LogP contribution in [-0.4, -0.2) is 42.2 Å². The van der Waals surface area contributed by atoms with E-state index in [9.17, 15) is 4.79 Å². The number of nitrogens with one attached hydrogen (secondary N) is 2. The lowest BCUT2D eigenvalue weighted by molar-refractivity contribution is 0.0932. The Morgan fingerprint density at radius 2 is 2.10 bits per heavy atom. The third-order valence-corrected chi connectivity index (χ3v) is 3.43. The molecule has 0 spiro atoms. The number of nitrogens with zero attached hydrogens (tertiary/aromatic N) is 2. The Bertz CT molecular complexity index is 416. The van der Waals surface area contributed by atoms with Gasteiger partial charge in [0.1, 0.15) is 11.5 Å². The normalized spacial score (nSPS) is 15.8. The van der Waals surface area contributed by atoms with Gasteiger partial charge in [-0.3, -0.25) is 4.79 Å². The number of hydrogen-bond acceptors (Lipinski definition) is 5. The maximum absolute atomic E-state index is 11.7. The van der Waals surface area contributed by atoms with Gasteiger partial charge in [0.25, 0.3) is 5.91 Å². The maximum atomic E-state index is 11.7. The highest BCUT2D eigenvalue weighted by Gasteiger charge is 2.14. The first-order valence-electron chi connectivity index (χ1n) is 7.15. The van der Waals surface area contributed by atoms with Crippen LogP contribution in [0.3, 0.4) is 0 Å². The second kappa shape index (κ2) is 7.79. The van der Waals surface area contributed by atoms with E-state index in [4.69, 9.17) is 4.74 Å². The molecule has 1 aromatic rings. The fourth-order valence-electron chi connectivity index (χ4n) is 2.33. The van der Waals surface area contributed by atoms with E-state index in [-0.39, 0.29) is 5.91 Å². The van der Waals surface area contributed by atoms with Crippen LogP contribution in [0.15, 0.2) is 12.4 Å². The van der Waals surface area contributed by atoms with Gasteiger partial charge in [-0.15, -0.1) is 0 Å². The molecule has 2 N–H and O–H groups in total. The monoisotopic (exact) mass is 278 g/mol. The Balaban J connectivity index is 1.83. The molecule has 0 aromatic carbocycles. The van der Waals surface area contributed by atoms with Gasteiger partial charge in [0.05, 0.1) is 19.0 Å². The van der Waals surface area contributed by atoms with Crippen LogP contribution in [0.1, 0.15) is 42.6 Å². The number of amides is 1. The number of carbonyl (C=O) groups excluding carboxylic acids is 1. The van der Waals surface area contributed by atoms with Crippen molar-refractivity contribution in [2.45, 2.75) is 38.1 Å². The van der Waals surface area contributed by atoms with Gasteiger partial charge in [-0.2, -0.15) is 0 Å². The van der Waals surface area contributed by atoms with Crippen molar-refractivity contribution < 1.29 is 9.53 Å². The Labute approximate surface area is 119 Å². The van der Waals surface area contributed by atoms with E-state index in [1.807, 2.05) is 0 Å². The summed E-state index contributed by atoms with van der Waals surface area (Å²) in [7, 11) is 1.59. The molecule has 6 nitrogen and oxygen atoms in total. The van der Waals surface area contributed by atoms with E-state index in [0.29, 0.717) is 24.9 Å². The van der Waals surface area contributed by atoms with Crippen LogP contribution in [0.2, 0.25) is 0 Å². The molecule has 0 saturated heterocycles. The van der Waals surface area contributed by atoms with Crippen LogP contribution < -0.4 is 10.6 Å². The fraction of sp³-hybridized carbons (Fsp3) is 0.643. The predicted molar refractivity (Wildman–Crippen MR) is 76.7 cm³/mol. The molecular formula is C14H22N4O2. The number of rotatable bonds is 6. The second-order valence-electron chi connectivity index (χ2n) is 5.01. The van der Waals surface area contributed by atoms with E-state index in [2.05, 4.69) is 20.6 Å². The van der Waals surface area contributed by atoms with Gasteiger partial charge in [0.15, 0.2) is 0 Å². The minimum absolute atomic E-state index is 0.223. The van der Waals surface area contributed by atoms with Crippen molar-refractivity contribution in [3.63, 3.8) is 0 Å². The summed E-state index contributed by atoms with van der Waals surface area (Å²) in [5, 5.41) is 6.09. The molecule has 2 rings (SSSR count). The first-order chi connectivity index (χ1) is 9.79. The van der Waals surface area contributed by atoms with Gasteiger partial charge in [-0.1, -0.05) is 19.3 Å². The van der Waals surface area contributed by atoms with E-state index < -0.39 is 0 Å². The van der Waals surface area contributed by atoms with Crippen molar-refractivity contribution >= 4 is 11.7 Å². The zero-order valence-electron chi connectivity index (χ0n) is 11.9. The molecular weight excluding hydrogens is 256 g/mol. The first kappa shape index (κ1) is 14.7. The molecule has 1 saturated carbocycles. The van der Waals surface area contributed by atoms with E-state index in [0.717, 1.165) is 5.82 Å². The molecule has 1 aromatic heterocycles. The van der Waals surface area contributed by atoms with Crippen molar-refractivity contribution in [3.8, 4) is 0 Å². The zero-order valence-corrected chi connectivity index (χ0v) is 11.9. The summed E-state index contributed by atoms with van der Waals surface area (Å²) in [4.78, 5) is 20.1. The molecule has 0 bridgehead atoms. The number of anilines is 1. The molecule has 6 heteroatoms. The standard InChI is InChI=1S/C14H22N4O2/c1-20-8-7-15-14(19)12-9-17-13(10-16-12)18-11-5-3-2-4-6-11/h9-11H,2-8H2,1H3,(H,15,19)(H,17,18). The van der Waals surface area contributed by atoms with Crippen molar-refractivity contribution in [2.75, 3.05) is 25.6 Å². The maximum Gasteiger partial charge on any atom is 0.271 e. The Kier molecular flexibility index (Phi) is 5.73. The Morgan fingerprint density at radius 1 is 1.30 bits per heavy atom. The number of hydrogen-bond donors (Lipinski definition) is 2. The van der Waals surface area contributed by atoms with Crippen molar-refractivity contribution in [1.29, 1.82) is 0 Å². The highest BCUT2D eigenvalue weighted by Crippen LogP contribution is 2.20. The molecule has 110 valence electrons. The molecule has 1 amide bonds. The van der Waals surface area contributed by atoms with Gasteiger partial charge < -0.3 is 15.4 Å². The van der Waals surface area contributed by atoms with Gasteiger partial charge >= 0.3 is 0 Å². The molecule has 0 atom stereocenters. The smallest absolute Gasteiger partial charge is 0.271 e. The van der Waals surface area contributed by atoms with E-state index >= 15 is 0 Å². The van der Waals surface area contributed by atoms with Gasteiger partial charge in [-0.25, -0.2) is 9.97 Å². The minimum Gasteiger partial charge on any atom is -0.383 e. The summed E-state index contributed by atoms with van der Waals surface area (Å²) >= 11 is 0. The summed E-state index contributed by atoms with van der Waals surface area (Å²) < 4.78 is 4.87. The lowest BCUT2D eigenvalue weighted by Gasteiger charge is -2.23. The summed E-state index contributed by atoms with van der Waals surface area (Å²) in [5.74, 6) is 0.518. The summed E-state index contributed by atoms with van der Waals surface area (Å²) in [6.45, 7) is 0.958. The van der Waals surface area contributed by atoms with E-state index in [1.54, 1.807) is 13.3 Å². The molecule has 20 heavy (non-hydrogen) atoms. The molecule has 0 unspecified atom stereocenters. The Hall–Kier alpha value is -1.69. The quantitative estimate of drug-likeness (QED) is 0.773. The summed E-state index contributed by atoms with van der Waals surface area (Å²) in [6.07, 6.45) is 9.36. The summed E-state index contributed by atoms with van der Waals surface area (Å²) in [5.41, 5.74) is 0.329. The molecule has 1 aliphatic carbocycles. The van der Waals surface area contributed by atoms with Gasteiger partial charge in [0.2, 0.25) is 0 Å². The third kappa shape index (κ3) is 4.45. The third-order valence-electron chi connectivity index (χ3n) is 3.43. The van der Waals surface area contributed by atoms with Crippen molar-refractivity contribution in [2.24, 2.45) is 0 Å². The average molecular weight is 278 g/mol. The van der Waals surface area contributed by atoms with Crippen molar-refractivity contribution in [3.05, 3.63) is 18.1 Å². The largest absolute Gasteiger partial charge is 0.383 e. The Morgan fingerprint density at radius 3 is 2.75 bits per heavy atom. The SMILES string of the molecule is COCCNC(=O)c1cnc(NC2CCCCC2)cn1. The lowest BCUT2D eigenvalue weighted by atomic mass is 9.96. The fourth-order valence-corrected chi connectivity index (χ4v) is 2.33.